The molecule has 0 aromatic heterocycles. The summed E-state index contributed by atoms with van der Waals surface area (Å²) in [6.45, 7) is 6.62. The van der Waals surface area contributed by atoms with Gasteiger partial charge in [-0.2, -0.15) is 12.6 Å². The SMILES string of the molecule is CCCCCCCC/C=C\CC(O)CN(CCCS)CC(O)C/C=C\CCCCCCCC. The topological polar surface area (TPSA) is 43.7 Å². The van der Waals surface area contributed by atoms with E-state index in [1.54, 1.807) is 0 Å². The minimum Gasteiger partial charge on any atom is -0.391 e. The van der Waals surface area contributed by atoms with Crippen LogP contribution in [0.5, 0.6) is 0 Å². The van der Waals surface area contributed by atoms with Crippen LogP contribution in [0, 0.1) is 0 Å². The summed E-state index contributed by atoms with van der Waals surface area (Å²) < 4.78 is 0. The Labute approximate surface area is 212 Å². The first-order chi connectivity index (χ1) is 16.1. The van der Waals surface area contributed by atoms with E-state index in [-0.39, 0.29) is 12.2 Å². The lowest BCUT2D eigenvalue weighted by Crippen LogP contribution is -2.38. The molecule has 2 N–H and O–H groups in total. The van der Waals surface area contributed by atoms with Gasteiger partial charge in [0.15, 0.2) is 0 Å². The Morgan fingerprint density at radius 3 is 1.45 bits per heavy atom. The van der Waals surface area contributed by atoms with Crippen LogP contribution in [0.15, 0.2) is 24.3 Å². The Morgan fingerprint density at radius 1 is 0.606 bits per heavy atom. The zero-order chi connectivity index (χ0) is 24.4. The Bertz CT molecular complexity index is 405. The minimum atomic E-state index is -0.374. The van der Waals surface area contributed by atoms with E-state index in [1.807, 2.05) is 0 Å². The van der Waals surface area contributed by atoms with Gasteiger partial charge in [0, 0.05) is 13.1 Å². The fourth-order valence-corrected chi connectivity index (χ4v) is 4.27. The number of aliphatic hydroxyl groups is 2. The van der Waals surface area contributed by atoms with Crippen molar-refractivity contribution in [2.45, 2.75) is 135 Å². The highest BCUT2D eigenvalue weighted by molar-refractivity contribution is 7.80. The third-order valence-corrected chi connectivity index (χ3v) is 6.48. The van der Waals surface area contributed by atoms with E-state index < -0.39 is 0 Å². The number of rotatable bonds is 25. The predicted molar refractivity (Wildman–Crippen MR) is 150 cm³/mol. The molecule has 196 valence electrons. The molecule has 4 heteroatoms. The van der Waals surface area contributed by atoms with Gasteiger partial charge >= 0.3 is 0 Å². The smallest absolute Gasteiger partial charge is 0.0701 e. The standard InChI is InChI=1S/C29H57NO2S/c1-3-5-7-9-11-13-15-17-19-22-28(31)26-30(24-21-25-33)27-29(32)23-20-18-16-14-12-10-8-6-4-2/h17-20,28-29,31-33H,3-16,21-27H2,1-2H3/b19-17-,20-18-. The Hall–Kier alpha value is -0.290. The quantitative estimate of drug-likeness (QED) is 0.0707. The molecular formula is C29H57NO2S. The van der Waals surface area contributed by atoms with E-state index >= 15 is 0 Å². The second-order valence-corrected chi connectivity index (χ2v) is 10.1. The van der Waals surface area contributed by atoms with Crippen molar-refractivity contribution in [3.63, 3.8) is 0 Å². The fraction of sp³-hybridized carbons (Fsp3) is 0.862. The lowest BCUT2D eigenvalue weighted by molar-refractivity contribution is 0.0717. The first-order valence-corrected chi connectivity index (χ1v) is 14.8. The van der Waals surface area contributed by atoms with Crippen LogP contribution in [0.3, 0.4) is 0 Å². The molecule has 0 radical (unpaired) electrons. The lowest BCUT2D eigenvalue weighted by Gasteiger charge is -2.26. The summed E-state index contributed by atoms with van der Waals surface area (Å²) in [6.07, 6.45) is 28.5. The largest absolute Gasteiger partial charge is 0.391 e. The van der Waals surface area contributed by atoms with Crippen LogP contribution in [0.4, 0.5) is 0 Å². The Kier molecular flexibility index (Phi) is 26.1. The first kappa shape index (κ1) is 32.7. The lowest BCUT2D eigenvalue weighted by atomic mass is 10.1. The number of nitrogens with zero attached hydrogens (tertiary/aromatic N) is 1. The maximum atomic E-state index is 10.5. The molecule has 0 aromatic rings. The molecular weight excluding hydrogens is 426 g/mol. The van der Waals surface area contributed by atoms with Gasteiger partial charge in [0.25, 0.3) is 0 Å². The summed E-state index contributed by atoms with van der Waals surface area (Å²) in [5.41, 5.74) is 0. The molecule has 0 aliphatic heterocycles. The van der Waals surface area contributed by atoms with E-state index in [4.69, 9.17) is 0 Å². The number of unbranched alkanes of at least 4 members (excludes halogenated alkanes) is 12. The third-order valence-electron chi connectivity index (χ3n) is 6.17. The van der Waals surface area contributed by atoms with Gasteiger partial charge in [-0.25, -0.2) is 0 Å². The number of thiol groups is 1. The zero-order valence-corrected chi connectivity index (χ0v) is 23.0. The Balaban J connectivity index is 4.04. The fourth-order valence-electron chi connectivity index (χ4n) is 4.12. The van der Waals surface area contributed by atoms with E-state index in [2.05, 4.69) is 55.7 Å². The summed E-state index contributed by atoms with van der Waals surface area (Å²) in [7, 11) is 0. The van der Waals surface area contributed by atoms with Crippen LogP contribution in [-0.2, 0) is 0 Å². The van der Waals surface area contributed by atoms with Gasteiger partial charge in [-0.15, -0.1) is 0 Å². The monoisotopic (exact) mass is 483 g/mol. The molecule has 0 bridgehead atoms. The molecule has 0 aromatic carbocycles. The van der Waals surface area contributed by atoms with Crippen molar-refractivity contribution in [3.05, 3.63) is 24.3 Å². The third kappa shape index (κ3) is 24.6. The van der Waals surface area contributed by atoms with E-state index in [0.717, 1.165) is 31.6 Å². The van der Waals surface area contributed by atoms with Gasteiger partial charge < -0.3 is 10.2 Å². The normalized spacial score (nSPS) is 14.1. The second-order valence-electron chi connectivity index (χ2n) is 9.67. The van der Waals surface area contributed by atoms with Crippen LogP contribution < -0.4 is 0 Å². The minimum absolute atomic E-state index is 0.374. The molecule has 2 atom stereocenters. The van der Waals surface area contributed by atoms with Crippen LogP contribution in [0.1, 0.15) is 123 Å². The van der Waals surface area contributed by atoms with Crippen molar-refractivity contribution < 1.29 is 10.2 Å². The molecule has 0 saturated carbocycles. The highest BCUT2D eigenvalue weighted by Crippen LogP contribution is 2.10. The summed E-state index contributed by atoms with van der Waals surface area (Å²) >= 11 is 4.33. The zero-order valence-electron chi connectivity index (χ0n) is 22.1. The summed E-state index contributed by atoms with van der Waals surface area (Å²) in [4.78, 5) is 2.20. The molecule has 0 spiro atoms. The van der Waals surface area contributed by atoms with Gasteiger partial charge in [-0.1, -0.05) is 102 Å². The van der Waals surface area contributed by atoms with Crippen molar-refractivity contribution >= 4 is 12.6 Å². The molecule has 33 heavy (non-hydrogen) atoms. The first-order valence-electron chi connectivity index (χ1n) is 14.1. The molecule has 0 saturated heterocycles. The maximum absolute atomic E-state index is 10.5. The van der Waals surface area contributed by atoms with Gasteiger partial charge in [0.05, 0.1) is 12.2 Å². The van der Waals surface area contributed by atoms with Crippen LogP contribution >= 0.6 is 12.6 Å². The molecule has 0 aliphatic rings. The van der Waals surface area contributed by atoms with Crippen molar-refractivity contribution in [1.29, 1.82) is 0 Å². The van der Waals surface area contributed by atoms with Crippen molar-refractivity contribution in [1.82, 2.24) is 4.90 Å². The highest BCUT2D eigenvalue weighted by atomic mass is 32.1. The van der Waals surface area contributed by atoms with E-state index in [9.17, 15) is 10.2 Å². The number of allylic oxidation sites excluding steroid dienone is 2. The van der Waals surface area contributed by atoms with Gasteiger partial charge in [-0.05, 0) is 57.2 Å². The number of hydrogen-bond acceptors (Lipinski definition) is 4. The van der Waals surface area contributed by atoms with Crippen LogP contribution in [0.2, 0.25) is 0 Å². The molecule has 0 heterocycles. The molecule has 2 unspecified atom stereocenters. The average Bonchev–Trinajstić information content (AvgIpc) is 2.80. The molecule has 0 fully saturated rings. The summed E-state index contributed by atoms with van der Waals surface area (Å²) in [6, 6.07) is 0. The van der Waals surface area contributed by atoms with E-state index in [1.165, 1.54) is 77.0 Å². The second kappa shape index (κ2) is 26.3. The van der Waals surface area contributed by atoms with Crippen molar-refractivity contribution in [2.75, 3.05) is 25.4 Å². The maximum Gasteiger partial charge on any atom is 0.0701 e. The van der Waals surface area contributed by atoms with Crippen LogP contribution in [-0.4, -0.2) is 52.7 Å². The summed E-state index contributed by atoms with van der Waals surface area (Å²) in [5, 5.41) is 20.9. The number of aliphatic hydroxyl groups excluding tert-OH is 2. The number of hydrogen-bond donors (Lipinski definition) is 3. The van der Waals surface area contributed by atoms with Crippen molar-refractivity contribution in [2.24, 2.45) is 0 Å². The van der Waals surface area contributed by atoms with E-state index in [0.29, 0.717) is 25.9 Å². The molecule has 0 amide bonds. The molecule has 0 aliphatic carbocycles. The van der Waals surface area contributed by atoms with Crippen molar-refractivity contribution in [3.8, 4) is 0 Å². The highest BCUT2D eigenvalue weighted by Gasteiger charge is 2.14. The van der Waals surface area contributed by atoms with Gasteiger partial charge in [0.2, 0.25) is 0 Å². The van der Waals surface area contributed by atoms with Crippen LogP contribution in [0.25, 0.3) is 0 Å². The molecule has 3 nitrogen and oxygen atoms in total. The summed E-state index contributed by atoms with van der Waals surface area (Å²) in [5.74, 6) is 0.832. The molecule has 0 rings (SSSR count). The predicted octanol–water partition coefficient (Wildman–Crippen LogP) is 7.72. The average molecular weight is 484 g/mol. The van der Waals surface area contributed by atoms with Gasteiger partial charge in [-0.3, -0.25) is 4.90 Å². The van der Waals surface area contributed by atoms with Gasteiger partial charge in [0.1, 0.15) is 0 Å². The Morgan fingerprint density at radius 2 is 1.03 bits per heavy atom.